The van der Waals surface area contributed by atoms with Crippen LogP contribution < -0.4 is 14.8 Å². The lowest BCUT2D eigenvalue weighted by atomic mass is 10.1. The summed E-state index contributed by atoms with van der Waals surface area (Å²) in [6.07, 6.45) is 1.61. The lowest BCUT2D eigenvalue weighted by Gasteiger charge is -2.13. The number of carbonyl (C=O) groups excluding carboxylic acids is 3. The predicted octanol–water partition coefficient (Wildman–Crippen LogP) is 3.29. The van der Waals surface area contributed by atoms with Crippen LogP contribution >= 0.6 is 11.8 Å². The van der Waals surface area contributed by atoms with E-state index < -0.39 is 11.1 Å². The standard InChI is InChI=1S/C20H26N2O5S/c1-5-26-15-8-7-14(16(10-15)27-6-2)9-17-19(24)22(20(25)28-17)12-18(23)21-11-13(3)4/h7-10,13H,5-6,11-12H2,1-4H3,(H,21,23)/b17-9-. The smallest absolute Gasteiger partial charge is 0.294 e. The Morgan fingerprint density at radius 3 is 2.57 bits per heavy atom. The lowest BCUT2D eigenvalue weighted by Crippen LogP contribution is -2.40. The fourth-order valence-corrected chi connectivity index (χ4v) is 3.30. The van der Waals surface area contributed by atoms with Crippen molar-refractivity contribution < 1.29 is 23.9 Å². The zero-order valence-corrected chi connectivity index (χ0v) is 17.4. The van der Waals surface area contributed by atoms with Gasteiger partial charge in [-0.1, -0.05) is 13.8 Å². The number of benzene rings is 1. The SMILES string of the molecule is CCOc1ccc(/C=C2\SC(=O)N(CC(=O)NCC(C)C)C2=O)c(OCC)c1. The van der Waals surface area contributed by atoms with Crippen LogP contribution in [0.5, 0.6) is 11.5 Å². The summed E-state index contributed by atoms with van der Waals surface area (Å²) in [6.45, 7) is 8.88. The Morgan fingerprint density at radius 2 is 1.93 bits per heavy atom. The molecule has 0 radical (unpaired) electrons. The molecule has 2 rings (SSSR count). The Bertz CT molecular complexity index is 776. The van der Waals surface area contributed by atoms with Gasteiger partial charge in [0.05, 0.1) is 18.1 Å². The molecule has 0 spiro atoms. The van der Waals surface area contributed by atoms with Crippen molar-refractivity contribution in [2.75, 3.05) is 26.3 Å². The molecule has 0 unspecified atom stereocenters. The summed E-state index contributed by atoms with van der Waals surface area (Å²) in [7, 11) is 0. The van der Waals surface area contributed by atoms with Crippen molar-refractivity contribution in [3.8, 4) is 11.5 Å². The summed E-state index contributed by atoms with van der Waals surface area (Å²) in [5.74, 6) is 0.683. The number of thioether (sulfide) groups is 1. The average molecular weight is 407 g/mol. The first-order valence-electron chi connectivity index (χ1n) is 9.27. The maximum atomic E-state index is 12.6. The van der Waals surface area contributed by atoms with E-state index in [0.29, 0.717) is 36.8 Å². The van der Waals surface area contributed by atoms with Gasteiger partial charge < -0.3 is 14.8 Å². The Balaban J connectivity index is 2.17. The van der Waals surface area contributed by atoms with Crippen LogP contribution in [-0.2, 0) is 9.59 Å². The van der Waals surface area contributed by atoms with Crippen molar-refractivity contribution in [3.05, 3.63) is 28.7 Å². The molecule has 1 aliphatic rings. The summed E-state index contributed by atoms with van der Waals surface area (Å²) in [4.78, 5) is 38.0. The van der Waals surface area contributed by atoms with Gasteiger partial charge in [-0.2, -0.15) is 0 Å². The van der Waals surface area contributed by atoms with E-state index >= 15 is 0 Å². The molecule has 1 N–H and O–H groups in total. The highest BCUT2D eigenvalue weighted by atomic mass is 32.2. The van der Waals surface area contributed by atoms with Crippen LogP contribution in [-0.4, -0.2) is 48.3 Å². The van der Waals surface area contributed by atoms with Gasteiger partial charge in [0.1, 0.15) is 18.0 Å². The molecule has 28 heavy (non-hydrogen) atoms. The van der Waals surface area contributed by atoms with Crippen molar-refractivity contribution in [1.29, 1.82) is 0 Å². The molecule has 1 aromatic rings. The number of hydrogen-bond donors (Lipinski definition) is 1. The minimum absolute atomic E-state index is 0.256. The molecule has 3 amide bonds. The van der Waals surface area contributed by atoms with Crippen molar-refractivity contribution in [2.45, 2.75) is 27.7 Å². The monoisotopic (exact) mass is 406 g/mol. The van der Waals surface area contributed by atoms with E-state index in [4.69, 9.17) is 9.47 Å². The van der Waals surface area contributed by atoms with E-state index in [-0.39, 0.29) is 23.3 Å². The van der Waals surface area contributed by atoms with Gasteiger partial charge in [-0.25, -0.2) is 0 Å². The molecular weight excluding hydrogens is 380 g/mol. The van der Waals surface area contributed by atoms with Crippen LogP contribution in [0, 0.1) is 5.92 Å². The first kappa shape index (κ1) is 21.8. The van der Waals surface area contributed by atoms with E-state index in [9.17, 15) is 14.4 Å². The second-order valence-electron chi connectivity index (χ2n) is 6.53. The molecule has 0 saturated carbocycles. The molecule has 1 aromatic carbocycles. The highest BCUT2D eigenvalue weighted by molar-refractivity contribution is 8.18. The average Bonchev–Trinajstić information content (AvgIpc) is 2.90. The highest BCUT2D eigenvalue weighted by Gasteiger charge is 2.36. The quantitative estimate of drug-likeness (QED) is 0.634. The van der Waals surface area contributed by atoms with Crippen molar-refractivity contribution in [3.63, 3.8) is 0 Å². The highest BCUT2D eigenvalue weighted by Crippen LogP contribution is 2.35. The summed E-state index contributed by atoms with van der Waals surface area (Å²) in [5.41, 5.74) is 0.667. The van der Waals surface area contributed by atoms with Gasteiger partial charge in [0.15, 0.2) is 0 Å². The molecule has 1 heterocycles. The number of imide groups is 1. The third-order valence-corrected chi connectivity index (χ3v) is 4.67. The molecule has 7 nitrogen and oxygen atoms in total. The fourth-order valence-electron chi connectivity index (χ4n) is 2.47. The van der Waals surface area contributed by atoms with Crippen LogP contribution in [0.15, 0.2) is 23.1 Å². The third kappa shape index (κ3) is 5.76. The van der Waals surface area contributed by atoms with E-state index in [0.717, 1.165) is 16.7 Å². The Morgan fingerprint density at radius 1 is 1.21 bits per heavy atom. The molecule has 0 atom stereocenters. The maximum absolute atomic E-state index is 12.6. The lowest BCUT2D eigenvalue weighted by molar-refractivity contribution is -0.129. The maximum Gasteiger partial charge on any atom is 0.294 e. The molecule has 0 bridgehead atoms. The molecule has 1 saturated heterocycles. The van der Waals surface area contributed by atoms with E-state index in [2.05, 4.69) is 5.32 Å². The van der Waals surface area contributed by atoms with Gasteiger partial charge in [-0.05, 0) is 49.7 Å². The normalized spacial score (nSPS) is 15.5. The molecular formula is C20H26N2O5S. The third-order valence-electron chi connectivity index (χ3n) is 3.77. The summed E-state index contributed by atoms with van der Waals surface area (Å²) < 4.78 is 11.1. The fraction of sp³-hybridized carbons (Fsp3) is 0.450. The second-order valence-corrected chi connectivity index (χ2v) is 7.52. The van der Waals surface area contributed by atoms with Crippen LogP contribution in [0.4, 0.5) is 4.79 Å². The number of nitrogens with zero attached hydrogens (tertiary/aromatic N) is 1. The van der Waals surface area contributed by atoms with Gasteiger partial charge in [-0.15, -0.1) is 0 Å². The van der Waals surface area contributed by atoms with E-state index in [1.165, 1.54) is 0 Å². The van der Waals surface area contributed by atoms with E-state index in [1.54, 1.807) is 24.3 Å². The molecule has 1 fully saturated rings. The zero-order chi connectivity index (χ0) is 20.7. The number of hydrogen-bond acceptors (Lipinski definition) is 6. The number of rotatable bonds is 9. The molecule has 152 valence electrons. The molecule has 1 aliphatic heterocycles. The van der Waals surface area contributed by atoms with Crippen molar-refractivity contribution >= 4 is 34.9 Å². The van der Waals surface area contributed by atoms with Crippen LogP contribution in [0.3, 0.4) is 0 Å². The summed E-state index contributed by atoms with van der Waals surface area (Å²) in [6, 6.07) is 5.31. The number of nitrogens with one attached hydrogen (secondary N) is 1. The number of ether oxygens (including phenoxy) is 2. The molecule has 8 heteroatoms. The van der Waals surface area contributed by atoms with Gasteiger partial charge in [0, 0.05) is 18.2 Å². The van der Waals surface area contributed by atoms with Crippen LogP contribution in [0.2, 0.25) is 0 Å². The predicted molar refractivity (Wildman–Crippen MR) is 109 cm³/mol. The number of amides is 3. The molecule has 0 aromatic heterocycles. The van der Waals surface area contributed by atoms with Crippen molar-refractivity contribution in [1.82, 2.24) is 10.2 Å². The Kier molecular flexibility index (Phi) is 7.92. The molecule has 0 aliphatic carbocycles. The minimum atomic E-state index is -0.481. The van der Waals surface area contributed by atoms with E-state index in [1.807, 2.05) is 27.7 Å². The van der Waals surface area contributed by atoms with Crippen LogP contribution in [0.1, 0.15) is 33.3 Å². The van der Waals surface area contributed by atoms with Gasteiger partial charge in [0.2, 0.25) is 5.91 Å². The summed E-state index contributed by atoms with van der Waals surface area (Å²) in [5, 5.41) is 2.25. The van der Waals surface area contributed by atoms with Crippen molar-refractivity contribution in [2.24, 2.45) is 5.92 Å². The van der Waals surface area contributed by atoms with Gasteiger partial charge in [-0.3, -0.25) is 19.3 Å². The first-order chi connectivity index (χ1) is 13.3. The Hall–Kier alpha value is -2.48. The second kappa shape index (κ2) is 10.2. The Labute approximate surface area is 169 Å². The van der Waals surface area contributed by atoms with Crippen LogP contribution in [0.25, 0.3) is 6.08 Å². The largest absolute Gasteiger partial charge is 0.494 e. The minimum Gasteiger partial charge on any atom is -0.494 e. The zero-order valence-electron chi connectivity index (χ0n) is 16.6. The van der Waals surface area contributed by atoms with Gasteiger partial charge in [0.25, 0.3) is 11.1 Å². The topological polar surface area (TPSA) is 84.9 Å². The number of carbonyl (C=O) groups is 3. The van der Waals surface area contributed by atoms with Gasteiger partial charge >= 0.3 is 0 Å². The summed E-state index contributed by atoms with van der Waals surface area (Å²) >= 11 is 0.816. The first-order valence-corrected chi connectivity index (χ1v) is 10.1.